The predicted octanol–water partition coefficient (Wildman–Crippen LogP) is 1.84. The number of methoxy groups -OCH3 is 1. The Hall–Kier alpha value is -2.32. The van der Waals surface area contributed by atoms with Gasteiger partial charge in [0.1, 0.15) is 16.3 Å². The molecule has 0 bridgehead atoms. The number of fused-ring (bicyclic) bond motifs is 1. The number of carbonyl (C=O) groups is 1. The number of nitrogens with zero attached hydrogens (tertiary/aromatic N) is 2. The number of aryl methyl sites for hydroxylation is 1. The summed E-state index contributed by atoms with van der Waals surface area (Å²) in [5, 5.41) is 0. The summed E-state index contributed by atoms with van der Waals surface area (Å²) in [6.07, 6.45) is 2.34. The highest BCUT2D eigenvalue weighted by atomic mass is 32.2. The van der Waals surface area contributed by atoms with Gasteiger partial charge in [-0.15, -0.1) is 0 Å². The number of sulfonamides is 1. The zero-order valence-corrected chi connectivity index (χ0v) is 15.8. The minimum absolute atomic E-state index is 0.105. The molecule has 1 amide bonds. The van der Waals surface area contributed by atoms with Crippen molar-refractivity contribution in [2.45, 2.75) is 31.3 Å². The van der Waals surface area contributed by atoms with Gasteiger partial charge in [-0.3, -0.25) is 4.79 Å². The van der Waals surface area contributed by atoms with E-state index in [0.29, 0.717) is 31.1 Å². The number of para-hydroxylation sites is 1. The van der Waals surface area contributed by atoms with Crippen molar-refractivity contribution in [1.82, 2.24) is 14.2 Å². The van der Waals surface area contributed by atoms with E-state index in [9.17, 15) is 13.2 Å². The van der Waals surface area contributed by atoms with Crippen LogP contribution in [0, 0.1) is 0 Å². The molecule has 0 radical (unpaired) electrons. The molecule has 2 heterocycles. The normalized spacial score (nSPS) is 14.8. The summed E-state index contributed by atoms with van der Waals surface area (Å²) in [5.41, 5.74) is 1.16. The fraction of sp³-hybridized carbons (Fsp3) is 0.389. The van der Waals surface area contributed by atoms with Gasteiger partial charge in [0.15, 0.2) is 0 Å². The van der Waals surface area contributed by atoms with Crippen molar-refractivity contribution >= 4 is 15.9 Å². The van der Waals surface area contributed by atoms with Gasteiger partial charge < -0.3 is 14.2 Å². The summed E-state index contributed by atoms with van der Waals surface area (Å²) in [4.78, 5) is 14.4. The lowest BCUT2D eigenvalue weighted by Crippen LogP contribution is -2.30. The fourth-order valence-electron chi connectivity index (χ4n) is 3.10. The van der Waals surface area contributed by atoms with E-state index in [0.717, 1.165) is 12.0 Å². The summed E-state index contributed by atoms with van der Waals surface area (Å²) in [7, 11) is -2.19. The number of nitrogens with one attached hydrogen (secondary N) is 1. The van der Waals surface area contributed by atoms with Crippen molar-refractivity contribution in [3.63, 3.8) is 0 Å². The van der Waals surface area contributed by atoms with Crippen molar-refractivity contribution < 1.29 is 17.9 Å². The van der Waals surface area contributed by atoms with Gasteiger partial charge >= 0.3 is 0 Å². The molecule has 8 heteroatoms. The Bertz CT molecular complexity index is 905. The first-order chi connectivity index (χ1) is 12.5. The fourth-order valence-corrected chi connectivity index (χ4v) is 4.14. The maximum Gasteiger partial charge on any atom is 0.270 e. The van der Waals surface area contributed by atoms with Crippen molar-refractivity contribution in [2.24, 2.45) is 0 Å². The summed E-state index contributed by atoms with van der Waals surface area (Å²) in [5.74, 6) is 0.493. The highest BCUT2D eigenvalue weighted by Crippen LogP contribution is 2.21. The predicted molar refractivity (Wildman–Crippen MR) is 97.6 cm³/mol. The molecule has 1 aromatic heterocycles. The second-order valence-corrected chi connectivity index (χ2v) is 7.90. The van der Waals surface area contributed by atoms with Crippen LogP contribution in [0.5, 0.6) is 5.75 Å². The lowest BCUT2D eigenvalue weighted by molar-refractivity contribution is 0.0766. The molecule has 0 fully saturated rings. The van der Waals surface area contributed by atoms with E-state index in [2.05, 4.69) is 4.72 Å². The molecule has 0 spiro atoms. The molecule has 7 nitrogen and oxygen atoms in total. The first kappa shape index (κ1) is 18.5. The minimum atomic E-state index is -3.73. The molecule has 1 aromatic carbocycles. The van der Waals surface area contributed by atoms with Gasteiger partial charge in [0.05, 0.1) is 7.11 Å². The molecule has 0 saturated heterocycles. The highest BCUT2D eigenvalue weighted by Gasteiger charge is 2.26. The molecule has 3 rings (SSSR count). The molecule has 0 saturated carbocycles. The van der Waals surface area contributed by atoms with Crippen molar-refractivity contribution in [1.29, 1.82) is 0 Å². The smallest absolute Gasteiger partial charge is 0.270 e. The summed E-state index contributed by atoms with van der Waals surface area (Å²) in [6, 6.07) is 8.69. The minimum Gasteiger partial charge on any atom is -0.496 e. The monoisotopic (exact) mass is 377 g/mol. The second-order valence-electron chi connectivity index (χ2n) is 6.13. The maximum atomic E-state index is 12.7. The SMILES string of the molecule is CCN1CCCn2cc(S(=O)(=O)NCc3ccccc3OC)cc2C1=O. The number of rotatable bonds is 6. The zero-order valence-electron chi connectivity index (χ0n) is 14.9. The van der Waals surface area contributed by atoms with E-state index in [4.69, 9.17) is 4.74 Å². The molecule has 1 aliphatic rings. The molecule has 0 unspecified atom stereocenters. The standard InChI is InChI=1S/C18H23N3O4S/c1-3-20-9-6-10-21-13-15(11-16(21)18(20)22)26(23,24)19-12-14-7-4-5-8-17(14)25-2/h4-5,7-8,11,13,19H,3,6,9-10,12H2,1-2H3. The Morgan fingerprint density at radius 3 is 2.73 bits per heavy atom. The molecule has 0 atom stereocenters. The van der Waals surface area contributed by atoms with Gasteiger partial charge in [-0.1, -0.05) is 18.2 Å². The van der Waals surface area contributed by atoms with Gasteiger partial charge in [-0.25, -0.2) is 13.1 Å². The van der Waals surface area contributed by atoms with Crippen LogP contribution >= 0.6 is 0 Å². The Morgan fingerprint density at radius 2 is 2.00 bits per heavy atom. The number of benzene rings is 1. The summed E-state index contributed by atoms with van der Waals surface area (Å²) >= 11 is 0. The lowest BCUT2D eigenvalue weighted by atomic mass is 10.2. The van der Waals surface area contributed by atoms with Crippen LogP contribution < -0.4 is 9.46 Å². The van der Waals surface area contributed by atoms with Crippen LogP contribution in [0.15, 0.2) is 41.4 Å². The van der Waals surface area contributed by atoms with Crippen LogP contribution in [-0.2, 0) is 23.1 Å². The van der Waals surface area contributed by atoms with Crippen LogP contribution in [0.4, 0.5) is 0 Å². The van der Waals surface area contributed by atoms with Gasteiger partial charge in [0.2, 0.25) is 10.0 Å². The van der Waals surface area contributed by atoms with Gasteiger partial charge in [-0.05, 0) is 25.5 Å². The third-order valence-corrected chi connectivity index (χ3v) is 5.91. The van der Waals surface area contributed by atoms with Crippen molar-refractivity contribution in [3.05, 3.63) is 47.8 Å². The van der Waals surface area contributed by atoms with Crippen molar-refractivity contribution in [3.8, 4) is 5.75 Å². The Morgan fingerprint density at radius 1 is 1.23 bits per heavy atom. The Balaban J connectivity index is 1.82. The number of aromatic nitrogens is 1. The molecular weight excluding hydrogens is 354 g/mol. The largest absolute Gasteiger partial charge is 0.496 e. The molecule has 0 aliphatic carbocycles. The number of ether oxygens (including phenoxy) is 1. The van der Waals surface area contributed by atoms with Crippen LogP contribution in [0.1, 0.15) is 29.4 Å². The third-order valence-electron chi connectivity index (χ3n) is 4.54. The summed E-state index contributed by atoms with van der Waals surface area (Å²) < 4.78 is 34.9. The number of amides is 1. The first-order valence-corrected chi connectivity index (χ1v) is 10.1. The van der Waals surface area contributed by atoms with Crippen LogP contribution in [0.3, 0.4) is 0 Å². The van der Waals surface area contributed by atoms with E-state index in [1.54, 1.807) is 28.7 Å². The van der Waals surface area contributed by atoms with E-state index >= 15 is 0 Å². The van der Waals surface area contributed by atoms with E-state index in [1.807, 2.05) is 19.1 Å². The molecular formula is C18H23N3O4S. The van der Waals surface area contributed by atoms with E-state index < -0.39 is 10.0 Å². The van der Waals surface area contributed by atoms with Crippen molar-refractivity contribution in [2.75, 3.05) is 20.2 Å². The zero-order chi connectivity index (χ0) is 18.7. The van der Waals surface area contributed by atoms with E-state index in [1.165, 1.54) is 12.3 Å². The average molecular weight is 377 g/mol. The topological polar surface area (TPSA) is 80.6 Å². The highest BCUT2D eigenvalue weighted by molar-refractivity contribution is 7.89. The molecule has 26 heavy (non-hydrogen) atoms. The first-order valence-electron chi connectivity index (χ1n) is 8.57. The molecule has 1 aliphatic heterocycles. The number of hydrogen-bond donors (Lipinski definition) is 1. The number of carbonyl (C=O) groups excluding carboxylic acids is 1. The van der Waals surface area contributed by atoms with E-state index in [-0.39, 0.29) is 17.3 Å². The molecule has 1 N–H and O–H groups in total. The second kappa shape index (κ2) is 7.51. The molecule has 140 valence electrons. The Labute approximate surface area is 153 Å². The quantitative estimate of drug-likeness (QED) is 0.833. The van der Waals surface area contributed by atoms with Crippen LogP contribution in [0.25, 0.3) is 0 Å². The van der Waals surface area contributed by atoms with Gasteiger partial charge in [-0.2, -0.15) is 0 Å². The van der Waals surface area contributed by atoms with Gasteiger partial charge in [0.25, 0.3) is 5.91 Å². The molecule has 2 aromatic rings. The maximum absolute atomic E-state index is 12.7. The van der Waals surface area contributed by atoms with Gasteiger partial charge in [0, 0.05) is 37.9 Å². The third kappa shape index (κ3) is 3.61. The number of hydrogen-bond acceptors (Lipinski definition) is 4. The Kier molecular flexibility index (Phi) is 5.33. The summed E-state index contributed by atoms with van der Waals surface area (Å²) in [6.45, 7) is 3.95. The average Bonchev–Trinajstić information content (AvgIpc) is 3.02. The van der Waals surface area contributed by atoms with Crippen LogP contribution in [0.2, 0.25) is 0 Å². The van der Waals surface area contributed by atoms with Crippen LogP contribution in [-0.4, -0.2) is 44.0 Å². The lowest BCUT2D eigenvalue weighted by Gasteiger charge is -2.17.